The van der Waals surface area contributed by atoms with Crippen LogP contribution >= 0.6 is 0 Å². The van der Waals surface area contributed by atoms with Crippen molar-refractivity contribution >= 4 is 16.7 Å². The van der Waals surface area contributed by atoms with Gasteiger partial charge in [-0.2, -0.15) is 0 Å². The van der Waals surface area contributed by atoms with Gasteiger partial charge in [0.2, 0.25) is 0 Å². The van der Waals surface area contributed by atoms with Gasteiger partial charge in [-0.15, -0.1) is 0 Å². The highest BCUT2D eigenvalue weighted by Gasteiger charge is 2.15. The van der Waals surface area contributed by atoms with Gasteiger partial charge in [-0.05, 0) is 35.0 Å². The minimum absolute atomic E-state index is 0.192. The Morgan fingerprint density at radius 3 is 2.12 bits per heavy atom. The molecule has 0 aromatic heterocycles. The molecular weight excluding hydrogens is 321 g/mol. The second-order valence-electron chi connectivity index (χ2n) is 5.02. The van der Waals surface area contributed by atoms with E-state index in [-0.39, 0.29) is 5.56 Å². The minimum atomic E-state index is -1.62. The maximum Gasteiger partial charge on any atom is 0.343 e. The zero-order valence-electron chi connectivity index (χ0n) is 12.5. The first-order chi connectivity index (χ1) is 11.5. The van der Waals surface area contributed by atoms with E-state index in [0.29, 0.717) is 17.9 Å². The fraction of sp³-hybridized carbons (Fsp3) is 0.0556. The number of hydrogen-bond acceptors (Lipinski definition) is 3. The third kappa shape index (κ3) is 3.03. The summed E-state index contributed by atoms with van der Waals surface area (Å²) in [7, 11) is 1.55. The summed E-state index contributed by atoms with van der Waals surface area (Å²) >= 11 is 0. The largest absolute Gasteiger partial charge is 0.497 e. The van der Waals surface area contributed by atoms with Crippen LogP contribution in [0.3, 0.4) is 0 Å². The molecule has 0 aliphatic carbocycles. The summed E-state index contributed by atoms with van der Waals surface area (Å²) in [5, 5.41) is 1.62. The number of carbonyl (C=O) groups is 1. The molecule has 0 amide bonds. The summed E-state index contributed by atoms with van der Waals surface area (Å²) in [6.07, 6.45) is 0. The van der Waals surface area contributed by atoms with Crippen LogP contribution < -0.4 is 9.47 Å². The van der Waals surface area contributed by atoms with Crippen LogP contribution in [0.1, 0.15) is 10.4 Å². The van der Waals surface area contributed by atoms with Crippen molar-refractivity contribution in [2.24, 2.45) is 0 Å². The Hall–Kier alpha value is -3.02. The summed E-state index contributed by atoms with van der Waals surface area (Å²) in [5.74, 6) is -5.01. The Morgan fingerprint density at radius 1 is 0.833 bits per heavy atom. The van der Waals surface area contributed by atoms with Gasteiger partial charge >= 0.3 is 5.97 Å². The second kappa shape index (κ2) is 6.23. The van der Waals surface area contributed by atoms with Crippen LogP contribution in [0, 0.1) is 17.5 Å². The van der Waals surface area contributed by atoms with Gasteiger partial charge < -0.3 is 9.47 Å². The molecular formula is C18H11F3O3. The van der Waals surface area contributed by atoms with Gasteiger partial charge in [0.15, 0.2) is 17.5 Å². The van der Waals surface area contributed by atoms with Crippen LogP contribution in [-0.4, -0.2) is 13.1 Å². The number of hydrogen-bond donors (Lipinski definition) is 0. The molecule has 0 saturated heterocycles. The molecule has 0 N–H and O–H groups in total. The maximum atomic E-state index is 13.2. The molecule has 3 rings (SSSR count). The van der Waals surface area contributed by atoms with Gasteiger partial charge in [0.25, 0.3) is 0 Å². The van der Waals surface area contributed by atoms with Crippen molar-refractivity contribution in [2.45, 2.75) is 0 Å². The number of halogens is 3. The Morgan fingerprint density at radius 2 is 1.46 bits per heavy atom. The van der Waals surface area contributed by atoms with Gasteiger partial charge in [0.05, 0.1) is 12.7 Å². The molecule has 0 aliphatic heterocycles. The molecule has 122 valence electrons. The van der Waals surface area contributed by atoms with Crippen LogP contribution in [0.2, 0.25) is 0 Å². The lowest BCUT2D eigenvalue weighted by molar-refractivity contribution is 0.0733. The van der Waals surface area contributed by atoms with E-state index in [4.69, 9.17) is 9.47 Å². The number of methoxy groups -OCH3 is 1. The molecule has 6 heteroatoms. The number of ether oxygens (including phenoxy) is 2. The summed E-state index contributed by atoms with van der Waals surface area (Å²) in [6.45, 7) is 0. The summed E-state index contributed by atoms with van der Waals surface area (Å²) in [5.41, 5.74) is 0.192. The van der Waals surface area contributed by atoms with Crippen molar-refractivity contribution in [3.8, 4) is 11.5 Å². The zero-order valence-corrected chi connectivity index (χ0v) is 12.5. The molecule has 0 radical (unpaired) electrons. The quantitative estimate of drug-likeness (QED) is 0.403. The summed E-state index contributed by atoms with van der Waals surface area (Å²) < 4.78 is 49.2. The van der Waals surface area contributed by atoms with Gasteiger partial charge in [-0.25, -0.2) is 18.0 Å². The topological polar surface area (TPSA) is 35.5 Å². The number of benzene rings is 3. The molecule has 0 spiro atoms. The summed E-state index contributed by atoms with van der Waals surface area (Å²) in [4.78, 5) is 12.1. The van der Waals surface area contributed by atoms with Crippen LogP contribution in [0.4, 0.5) is 13.2 Å². The van der Waals surface area contributed by atoms with Crippen molar-refractivity contribution in [3.05, 3.63) is 71.5 Å². The third-order valence-electron chi connectivity index (χ3n) is 3.45. The van der Waals surface area contributed by atoms with E-state index in [2.05, 4.69) is 0 Å². The second-order valence-corrected chi connectivity index (χ2v) is 5.02. The molecule has 0 aliphatic rings. The van der Waals surface area contributed by atoms with Crippen LogP contribution in [-0.2, 0) is 0 Å². The van der Waals surface area contributed by atoms with Gasteiger partial charge in [-0.1, -0.05) is 12.1 Å². The summed E-state index contributed by atoms with van der Waals surface area (Å²) in [6, 6.07) is 11.3. The van der Waals surface area contributed by atoms with E-state index in [1.807, 2.05) is 0 Å². The SMILES string of the molecule is COc1ccc2cc(C(=O)Oc3cc(F)c(F)c(F)c3)ccc2c1. The molecule has 0 bridgehead atoms. The van der Waals surface area contributed by atoms with Crippen molar-refractivity contribution in [2.75, 3.05) is 7.11 Å². The smallest absolute Gasteiger partial charge is 0.343 e. The lowest BCUT2D eigenvalue weighted by Crippen LogP contribution is -2.09. The third-order valence-corrected chi connectivity index (χ3v) is 3.45. The van der Waals surface area contributed by atoms with Crippen LogP contribution in [0.5, 0.6) is 11.5 Å². The number of carbonyl (C=O) groups excluding carboxylic acids is 1. The Balaban J connectivity index is 1.88. The maximum absolute atomic E-state index is 13.2. The Labute approximate surface area is 135 Å². The highest BCUT2D eigenvalue weighted by molar-refractivity contribution is 5.96. The molecule has 0 atom stereocenters. The number of rotatable bonds is 3. The molecule has 3 aromatic rings. The van der Waals surface area contributed by atoms with Crippen molar-refractivity contribution in [1.82, 2.24) is 0 Å². The highest BCUT2D eigenvalue weighted by Crippen LogP contribution is 2.24. The fourth-order valence-electron chi connectivity index (χ4n) is 2.23. The molecule has 0 unspecified atom stereocenters. The highest BCUT2D eigenvalue weighted by atomic mass is 19.2. The van der Waals surface area contributed by atoms with E-state index in [0.717, 1.165) is 10.8 Å². The number of fused-ring (bicyclic) bond motifs is 1. The molecule has 24 heavy (non-hydrogen) atoms. The normalized spacial score (nSPS) is 10.7. The monoisotopic (exact) mass is 332 g/mol. The predicted octanol–water partition coefficient (Wildman–Crippen LogP) is 4.48. The van der Waals surface area contributed by atoms with Crippen LogP contribution in [0.25, 0.3) is 10.8 Å². The van der Waals surface area contributed by atoms with Crippen LogP contribution in [0.15, 0.2) is 48.5 Å². The zero-order chi connectivity index (χ0) is 17.3. The van der Waals surface area contributed by atoms with E-state index in [1.54, 1.807) is 37.4 Å². The van der Waals surface area contributed by atoms with Gasteiger partial charge in [-0.3, -0.25) is 0 Å². The molecule has 3 aromatic carbocycles. The van der Waals surface area contributed by atoms with E-state index in [9.17, 15) is 18.0 Å². The molecule has 0 saturated carbocycles. The minimum Gasteiger partial charge on any atom is -0.497 e. The Bertz CT molecular complexity index is 915. The fourth-order valence-corrected chi connectivity index (χ4v) is 2.23. The van der Waals surface area contributed by atoms with E-state index < -0.39 is 29.2 Å². The van der Waals surface area contributed by atoms with Gasteiger partial charge in [0.1, 0.15) is 11.5 Å². The van der Waals surface area contributed by atoms with Crippen molar-refractivity contribution in [1.29, 1.82) is 0 Å². The first-order valence-corrected chi connectivity index (χ1v) is 6.92. The lowest BCUT2D eigenvalue weighted by Gasteiger charge is -2.07. The van der Waals surface area contributed by atoms with E-state index in [1.165, 1.54) is 6.07 Å². The molecule has 3 nitrogen and oxygen atoms in total. The first-order valence-electron chi connectivity index (χ1n) is 6.92. The Kier molecular flexibility index (Phi) is 4.12. The average molecular weight is 332 g/mol. The predicted molar refractivity (Wildman–Crippen MR) is 81.8 cm³/mol. The van der Waals surface area contributed by atoms with Crippen molar-refractivity contribution < 1.29 is 27.4 Å². The molecule has 0 heterocycles. The van der Waals surface area contributed by atoms with Crippen molar-refractivity contribution in [3.63, 3.8) is 0 Å². The van der Waals surface area contributed by atoms with E-state index >= 15 is 0 Å². The average Bonchev–Trinajstić information content (AvgIpc) is 2.58. The number of esters is 1. The standard InChI is InChI=1S/C18H11F3O3/c1-23-13-5-4-10-6-12(3-2-11(10)7-13)18(22)24-14-8-15(19)17(21)16(20)9-14/h2-9H,1H3. The lowest BCUT2D eigenvalue weighted by atomic mass is 10.1. The first kappa shape index (κ1) is 15.9. The van der Waals surface area contributed by atoms with Gasteiger partial charge in [0, 0.05) is 12.1 Å². The molecule has 0 fully saturated rings.